The van der Waals surface area contributed by atoms with Crippen molar-refractivity contribution >= 4 is 28.5 Å². The lowest BCUT2D eigenvalue weighted by molar-refractivity contribution is -0.223. The van der Waals surface area contributed by atoms with Crippen molar-refractivity contribution in [1.82, 2.24) is 0 Å². The zero-order valence-corrected chi connectivity index (χ0v) is 32.7. The van der Waals surface area contributed by atoms with Crippen LogP contribution in [0.1, 0.15) is 118 Å². The molecule has 5 aliphatic rings. The molecule has 0 spiro atoms. The van der Waals surface area contributed by atoms with Crippen LogP contribution in [0.4, 0.5) is 0 Å². The third kappa shape index (κ3) is 5.03. The molecule has 0 N–H and O–H groups in total. The maximum absolute atomic E-state index is 14.9. The van der Waals surface area contributed by atoms with E-state index in [-0.39, 0.29) is 45.8 Å². The van der Waals surface area contributed by atoms with Crippen LogP contribution in [-0.2, 0) is 23.9 Å². The van der Waals surface area contributed by atoms with E-state index in [0.717, 1.165) is 41.3 Å². The molecule has 0 radical (unpaired) electrons. The summed E-state index contributed by atoms with van der Waals surface area (Å²) >= 11 is 0. The molecule has 2 aromatic carbocycles. The number of methoxy groups -OCH3 is 2. The number of carbonyl (C=O) groups is 3. The minimum atomic E-state index is -1.08. The number of benzene rings is 2. The number of hydrogen-bond acceptors (Lipinski definition) is 6. The zero-order valence-electron chi connectivity index (χ0n) is 32.7. The molecular weight excluding hydrogens is 636 g/mol. The van der Waals surface area contributed by atoms with Gasteiger partial charge in [0.25, 0.3) is 0 Å². The second kappa shape index (κ2) is 12.2. The summed E-state index contributed by atoms with van der Waals surface area (Å²) in [5, 5.41) is 2.05. The van der Waals surface area contributed by atoms with Crippen molar-refractivity contribution in [3.63, 3.8) is 0 Å². The van der Waals surface area contributed by atoms with E-state index in [2.05, 4.69) is 47.6 Å². The van der Waals surface area contributed by atoms with Crippen molar-refractivity contribution in [1.29, 1.82) is 0 Å². The summed E-state index contributed by atoms with van der Waals surface area (Å²) in [5.74, 6) is 1.05. The second-order valence-electron chi connectivity index (χ2n) is 18.7. The Bertz CT molecular complexity index is 1790. The van der Waals surface area contributed by atoms with Crippen LogP contribution in [0.25, 0.3) is 10.8 Å². The Morgan fingerprint density at radius 3 is 2.25 bits per heavy atom. The molecule has 7 rings (SSSR count). The fraction of sp³-hybridized carbons (Fsp3) is 0.667. The monoisotopic (exact) mass is 696 g/mol. The van der Waals surface area contributed by atoms with Crippen LogP contribution in [0.3, 0.4) is 0 Å². The average Bonchev–Trinajstić information content (AvgIpc) is 3.10. The van der Waals surface area contributed by atoms with Gasteiger partial charge in [-0.2, -0.15) is 0 Å². The van der Waals surface area contributed by atoms with Gasteiger partial charge in [0, 0.05) is 5.92 Å². The number of carbonyl (C=O) groups excluding carboxylic acids is 3. The van der Waals surface area contributed by atoms with Crippen LogP contribution in [0.2, 0.25) is 0 Å². The van der Waals surface area contributed by atoms with Gasteiger partial charge >= 0.3 is 11.9 Å². The topological polar surface area (TPSA) is 78.9 Å². The van der Waals surface area contributed by atoms with E-state index in [0.29, 0.717) is 30.6 Å². The first-order valence-corrected chi connectivity index (χ1v) is 19.6. The van der Waals surface area contributed by atoms with Crippen molar-refractivity contribution < 1.29 is 28.6 Å². The van der Waals surface area contributed by atoms with Gasteiger partial charge in [-0.25, -0.2) is 0 Å². The minimum absolute atomic E-state index is 0.0829. The van der Waals surface area contributed by atoms with Crippen LogP contribution in [-0.4, -0.2) is 38.0 Å². The van der Waals surface area contributed by atoms with Gasteiger partial charge in [-0.15, -0.1) is 0 Å². The fourth-order valence-corrected chi connectivity index (χ4v) is 13.0. The summed E-state index contributed by atoms with van der Waals surface area (Å²) in [6.45, 7) is 18.3. The molecule has 0 bridgehead atoms. The Morgan fingerprint density at radius 2 is 1.55 bits per heavy atom. The molecule has 2 aromatic rings. The molecule has 0 aromatic heterocycles. The van der Waals surface area contributed by atoms with E-state index in [1.165, 1.54) is 31.9 Å². The van der Waals surface area contributed by atoms with E-state index in [1.807, 2.05) is 50.2 Å². The summed E-state index contributed by atoms with van der Waals surface area (Å²) in [6.07, 6.45) is 9.13. The molecular formula is C45H60O6. The number of allylic oxidation sites excluding steroid dienone is 2. The molecule has 0 aliphatic heterocycles. The van der Waals surface area contributed by atoms with Crippen molar-refractivity contribution in [2.24, 2.45) is 56.7 Å². The quantitative estimate of drug-likeness (QED) is 0.290. The largest absolute Gasteiger partial charge is 0.497 e. The van der Waals surface area contributed by atoms with Crippen molar-refractivity contribution in [2.45, 2.75) is 119 Å². The Balaban J connectivity index is 1.20. The Kier molecular flexibility index (Phi) is 8.66. The summed E-state index contributed by atoms with van der Waals surface area (Å²) in [4.78, 5) is 42.9. The average molecular weight is 697 g/mol. The van der Waals surface area contributed by atoms with Gasteiger partial charge in [0.2, 0.25) is 0 Å². The van der Waals surface area contributed by atoms with Crippen molar-refractivity contribution in [3.8, 4) is 5.75 Å². The van der Waals surface area contributed by atoms with Gasteiger partial charge in [0.15, 0.2) is 5.78 Å². The van der Waals surface area contributed by atoms with E-state index in [4.69, 9.17) is 14.2 Å². The fourth-order valence-electron chi connectivity index (χ4n) is 13.0. The maximum atomic E-state index is 14.9. The van der Waals surface area contributed by atoms with Crippen LogP contribution >= 0.6 is 0 Å². The first-order chi connectivity index (χ1) is 24.0. The molecule has 4 saturated carbocycles. The molecule has 1 unspecified atom stereocenters. The Morgan fingerprint density at radius 1 is 0.843 bits per heavy atom. The number of ether oxygens (including phenoxy) is 3. The number of rotatable bonds is 5. The highest BCUT2D eigenvalue weighted by molar-refractivity contribution is 5.96. The highest BCUT2D eigenvalue weighted by Gasteiger charge is 2.72. The maximum Gasteiger partial charge on any atom is 0.315 e. The highest BCUT2D eigenvalue weighted by Crippen LogP contribution is 2.75. The van der Waals surface area contributed by atoms with Gasteiger partial charge in [0.1, 0.15) is 17.3 Å². The molecule has 6 heteroatoms. The molecule has 5 aliphatic carbocycles. The lowest BCUT2D eigenvalue weighted by atomic mass is 9.33. The summed E-state index contributed by atoms with van der Waals surface area (Å²) < 4.78 is 17.4. The number of fused-ring (bicyclic) bond motifs is 8. The number of ketones is 1. The molecule has 0 saturated heterocycles. The Hall–Kier alpha value is -3.15. The molecule has 6 nitrogen and oxygen atoms in total. The van der Waals surface area contributed by atoms with Crippen LogP contribution in [0.5, 0.6) is 5.75 Å². The summed E-state index contributed by atoms with van der Waals surface area (Å²) in [6, 6.07) is 11.9. The predicted molar refractivity (Wildman–Crippen MR) is 200 cm³/mol. The Labute approximate surface area is 305 Å². The predicted octanol–water partition coefficient (Wildman–Crippen LogP) is 9.87. The van der Waals surface area contributed by atoms with Gasteiger partial charge in [0.05, 0.1) is 20.1 Å². The second-order valence-corrected chi connectivity index (χ2v) is 18.7. The normalized spacial score (nSPS) is 42.3. The smallest absolute Gasteiger partial charge is 0.315 e. The zero-order chi connectivity index (χ0) is 36.9. The van der Waals surface area contributed by atoms with Crippen LogP contribution < -0.4 is 4.74 Å². The van der Waals surface area contributed by atoms with E-state index >= 15 is 0 Å². The summed E-state index contributed by atoms with van der Waals surface area (Å²) in [5.41, 5.74) is 0.684. The molecule has 4 fully saturated rings. The van der Waals surface area contributed by atoms with Crippen molar-refractivity contribution in [2.75, 3.05) is 14.2 Å². The lowest BCUT2D eigenvalue weighted by Gasteiger charge is -2.70. The lowest BCUT2D eigenvalue weighted by Crippen LogP contribution is -2.68. The molecule has 0 heterocycles. The first kappa shape index (κ1) is 36.2. The number of esters is 2. The molecule has 276 valence electrons. The van der Waals surface area contributed by atoms with Crippen LogP contribution in [0, 0.1) is 56.7 Å². The summed E-state index contributed by atoms with van der Waals surface area (Å²) in [7, 11) is 3.09. The van der Waals surface area contributed by atoms with Gasteiger partial charge in [-0.1, -0.05) is 71.4 Å². The van der Waals surface area contributed by atoms with Crippen LogP contribution in [0.15, 0.2) is 48.0 Å². The third-order valence-corrected chi connectivity index (χ3v) is 16.5. The highest BCUT2D eigenvalue weighted by atomic mass is 16.6. The third-order valence-electron chi connectivity index (χ3n) is 16.5. The minimum Gasteiger partial charge on any atom is -0.497 e. The molecule has 51 heavy (non-hydrogen) atoms. The molecule has 0 amide bonds. The van der Waals surface area contributed by atoms with Gasteiger partial charge in [-0.05, 0) is 145 Å². The van der Waals surface area contributed by atoms with E-state index in [9.17, 15) is 14.4 Å². The SMILES string of the molecule is COC(=O)[C@]1(C)[C@@H]2CC[C@]3(C)[C@H](C(=O)C=C4[C@@H]5[C@@H](C)[C@H](C)CC[C@]5(C)CC[C@]43C)[C@@]2(C)CC[C@H]1OC(=O)C(C)c1ccc2cc(OC)ccc2c1. The number of hydrogen-bond donors (Lipinski definition) is 0. The standard InChI is InChI=1S/C45H60O6/c1-26-15-18-41(4)21-22-43(6)33(37(41)27(26)2)25-34(46)38-42(5)19-17-36(45(8,40(48)50-10)35(42)16-20-44(38,43)7)51-39(47)28(3)29-11-12-31-24-32(49-9)14-13-30(31)23-29/h11-14,23-28,35-38H,15-22H2,1-10H3/t26-,27+,28?,35-,36-,37+,38-,41-,42+,43-,44-,45-/m1/s1. The van der Waals surface area contributed by atoms with E-state index in [1.54, 1.807) is 7.11 Å². The van der Waals surface area contributed by atoms with E-state index < -0.39 is 22.9 Å². The van der Waals surface area contributed by atoms with Gasteiger partial charge < -0.3 is 14.2 Å². The molecule has 12 atom stereocenters. The van der Waals surface area contributed by atoms with Gasteiger partial charge in [-0.3, -0.25) is 14.4 Å². The van der Waals surface area contributed by atoms with Crippen molar-refractivity contribution in [3.05, 3.63) is 53.6 Å². The first-order valence-electron chi connectivity index (χ1n) is 19.6.